The standard InChI is InChI=1S/C16H23NO3/c1-6-16-11-13(19-5)8-7-12(16)9-10-17(16)14(18)20-15(2,3)4/h1,7,13H,8-11H2,2-5H3/t13-,16-/m0/s1. The van der Waals surface area contributed by atoms with Crippen LogP contribution in [-0.4, -0.2) is 41.9 Å². The van der Waals surface area contributed by atoms with Gasteiger partial charge in [-0.2, -0.15) is 0 Å². The van der Waals surface area contributed by atoms with Crippen LogP contribution in [0.5, 0.6) is 0 Å². The van der Waals surface area contributed by atoms with Crippen LogP contribution in [0.25, 0.3) is 0 Å². The average Bonchev–Trinajstić information content (AvgIpc) is 2.75. The number of carbonyl (C=O) groups is 1. The van der Waals surface area contributed by atoms with Gasteiger partial charge in [0.2, 0.25) is 0 Å². The van der Waals surface area contributed by atoms with Crippen LogP contribution in [0.3, 0.4) is 0 Å². The Bertz CT molecular complexity index is 469. The van der Waals surface area contributed by atoms with Crippen LogP contribution in [0.1, 0.15) is 40.0 Å². The van der Waals surface area contributed by atoms with E-state index in [1.54, 1.807) is 12.0 Å². The maximum Gasteiger partial charge on any atom is 0.411 e. The Labute approximate surface area is 121 Å². The van der Waals surface area contributed by atoms with E-state index in [-0.39, 0.29) is 12.2 Å². The molecule has 0 spiro atoms. The highest BCUT2D eigenvalue weighted by atomic mass is 16.6. The maximum atomic E-state index is 12.4. The summed E-state index contributed by atoms with van der Waals surface area (Å²) in [7, 11) is 1.68. The van der Waals surface area contributed by atoms with Gasteiger partial charge in [-0.1, -0.05) is 12.0 Å². The second-order valence-electron chi connectivity index (χ2n) is 6.41. The minimum absolute atomic E-state index is 0.0536. The van der Waals surface area contributed by atoms with Gasteiger partial charge >= 0.3 is 6.09 Å². The molecule has 0 bridgehead atoms. The lowest BCUT2D eigenvalue weighted by molar-refractivity contribution is 0.00613. The fourth-order valence-electron chi connectivity index (χ4n) is 2.98. The molecular formula is C16H23NO3. The summed E-state index contributed by atoms with van der Waals surface area (Å²) < 4.78 is 10.9. The van der Waals surface area contributed by atoms with E-state index in [9.17, 15) is 4.79 Å². The molecule has 1 heterocycles. The van der Waals surface area contributed by atoms with Crippen LogP contribution >= 0.6 is 0 Å². The van der Waals surface area contributed by atoms with Gasteiger partial charge in [0.05, 0.1) is 6.10 Å². The number of terminal acetylenes is 1. The Balaban J connectivity index is 2.27. The van der Waals surface area contributed by atoms with Crippen LogP contribution in [-0.2, 0) is 9.47 Å². The molecule has 0 aromatic carbocycles. The van der Waals surface area contributed by atoms with Crippen molar-refractivity contribution in [3.63, 3.8) is 0 Å². The van der Waals surface area contributed by atoms with Crippen molar-refractivity contribution in [1.82, 2.24) is 4.90 Å². The van der Waals surface area contributed by atoms with Gasteiger partial charge in [-0.3, -0.25) is 4.90 Å². The summed E-state index contributed by atoms with van der Waals surface area (Å²) in [5, 5.41) is 0. The predicted molar refractivity (Wildman–Crippen MR) is 77.2 cm³/mol. The zero-order chi connectivity index (χ0) is 15.0. The smallest absolute Gasteiger partial charge is 0.411 e. The SMILES string of the molecule is C#C[C@]12C[C@@H](OC)CC=C1CCN2C(=O)OC(C)(C)C. The van der Waals surface area contributed by atoms with Crippen LogP contribution < -0.4 is 0 Å². The molecule has 20 heavy (non-hydrogen) atoms. The molecule has 1 aliphatic carbocycles. The van der Waals surface area contributed by atoms with Crippen molar-refractivity contribution in [2.45, 2.75) is 57.3 Å². The fourth-order valence-corrected chi connectivity index (χ4v) is 2.98. The molecule has 0 N–H and O–H groups in total. The molecule has 1 fully saturated rings. The number of fused-ring (bicyclic) bond motifs is 1. The minimum Gasteiger partial charge on any atom is -0.444 e. The van der Waals surface area contributed by atoms with Gasteiger partial charge in [-0.05, 0) is 39.2 Å². The van der Waals surface area contributed by atoms with E-state index in [1.165, 1.54) is 0 Å². The first-order chi connectivity index (χ1) is 9.32. The number of hydrogen-bond acceptors (Lipinski definition) is 3. The summed E-state index contributed by atoms with van der Waals surface area (Å²) in [6.45, 7) is 6.19. The van der Waals surface area contributed by atoms with Crippen molar-refractivity contribution in [1.29, 1.82) is 0 Å². The Morgan fingerprint density at radius 2 is 2.25 bits per heavy atom. The number of ether oxygens (including phenoxy) is 2. The molecule has 4 nitrogen and oxygen atoms in total. The number of methoxy groups -OCH3 is 1. The normalized spacial score (nSPS) is 29.4. The van der Waals surface area contributed by atoms with E-state index in [0.717, 1.165) is 18.4 Å². The van der Waals surface area contributed by atoms with Crippen molar-refractivity contribution in [3.8, 4) is 12.3 Å². The third kappa shape index (κ3) is 2.55. The predicted octanol–water partition coefficient (Wildman–Crippen LogP) is 2.73. The Kier molecular flexibility index (Phi) is 3.84. The number of rotatable bonds is 1. The van der Waals surface area contributed by atoms with Gasteiger partial charge in [-0.15, -0.1) is 6.42 Å². The summed E-state index contributed by atoms with van der Waals surface area (Å²) in [5.74, 6) is 2.84. The van der Waals surface area contributed by atoms with Gasteiger partial charge in [0.15, 0.2) is 0 Å². The summed E-state index contributed by atoms with van der Waals surface area (Å²) in [6, 6.07) is 0. The monoisotopic (exact) mass is 277 g/mol. The van der Waals surface area contributed by atoms with Crippen LogP contribution in [0.15, 0.2) is 11.6 Å². The second kappa shape index (κ2) is 5.14. The van der Waals surface area contributed by atoms with Gasteiger partial charge in [0.25, 0.3) is 0 Å². The molecule has 1 aliphatic heterocycles. The molecule has 0 unspecified atom stereocenters. The number of likely N-dealkylation sites (tertiary alicyclic amines) is 1. The molecule has 0 aromatic heterocycles. The maximum absolute atomic E-state index is 12.4. The largest absolute Gasteiger partial charge is 0.444 e. The summed E-state index contributed by atoms with van der Waals surface area (Å²) >= 11 is 0. The molecule has 2 rings (SSSR count). The highest BCUT2D eigenvalue weighted by Crippen LogP contribution is 2.42. The van der Waals surface area contributed by atoms with Crippen molar-refractivity contribution < 1.29 is 14.3 Å². The van der Waals surface area contributed by atoms with E-state index < -0.39 is 11.1 Å². The van der Waals surface area contributed by atoms with Crippen LogP contribution in [0, 0.1) is 12.3 Å². The third-order valence-electron chi connectivity index (χ3n) is 3.93. The third-order valence-corrected chi connectivity index (χ3v) is 3.93. The molecule has 1 saturated heterocycles. The Morgan fingerprint density at radius 3 is 2.80 bits per heavy atom. The molecule has 0 radical (unpaired) electrons. The minimum atomic E-state index is -0.665. The molecule has 2 atom stereocenters. The number of carbonyl (C=O) groups excluding carboxylic acids is 1. The second-order valence-corrected chi connectivity index (χ2v) is 6.41. The van der Waals surface area contributed by atoms with Crippen molar-refractivity contribution in [3.05, 3.63) is 11.6 Å². The highest BCUT2D eigenvalue weighted by molar-refractivity contribution is 5.72. The number of hydrogen-bond donors (Lipinski definition) is 0. The molecule has 0 aromatic rings. The highest BCUT2D eigenvalue weighted by Gasteiger charge is 2.50. The first kappa shape index (κ1) is 14.9. The van der Waals surface area contributed by atoms with E-state index in [4.69, 9.17) is 15.9 Å². The van der Waals surface area contributed by atoms with E-state index in [2.05, 4.69) is 12.0 Å². The summed E-state index contributed by atoms with van der Waals surface area (Å²) in [5.41, 5.74) is -0.0326. The number of amides is 1. The van der Waals surface area contributed by atoms with Gasteiger partial charge in [-0.25, -0.2) is 4.79 Å². The molecular weight excluding hydrogens is 254 g/mol. The zero-order valence-corrected chi connectivity index (χ0v) is 12.7. The lowest BCUT2D eigenvalue weighted by atomic mass is 9.80. The lowest BCUT2D eigenvalue weighted by Crippen LogP contribution is -2.52. The quantitative estimate of drug-likeness (QED) is 0.546. The van der Waals surface area contributed by atoms with Crippen LogP contribution in [0.4, 0.5) is 4.79 Å². The van der Waals surface area contributed by atoms with Gasteiger partial charge in [0, 0.05) is 20.1 Å². The van der Waals surface area contributed by atoms with Crippen molar-refractivity contribution in [2.24, 2.45) is 0 Å². The first-order valence-electron chi connectivity index (χ1n) is 7.03. The fraction of sp³-hybridized carbons (Fsp3) is 0.688. The van der Waals surface area contributed by atoms with Crippen molar-refractivity contribution in [2.75, 3.05) is 13.7 Å². The van der Waals surface area contributed by atoms with Crippen LogP contribution in [0.2, 0.25) is 0 Å². The van der Waals surface area contributed by atoms with Gasteiger partial charge in [0.1, 0.15) is 11.1 Å². The summed E-state index contributed by atoms with van der Waals surface area (Å²) in [6.07, 6.45) is 9.96. The topological polar surface area (TPSA) is 38.8 Å². The molecule has 110 valence electrons. The Morgan fingerprint density at radius 1 is 1.55 bits per heavy atom. The zero-order valence-electron chi connectivity index (χ0n) is 12.7. The van der Waals surface area contributed by atoms with E-state index >= 15 is 0 Å². The lowest BCUT2D eigenvalue weighted by Gasteiger charge is -2.40. The first-order valence-corrected chi connectivity index (χ1v) is 7.03. The molecule has 4 heteroatoms. The molecule has 0 saturated carbocycles. The average molecular weight is 277 g/mol. The molecule has 2 aliphatic rings. The Hall–Kier alpha value is -1.47. The number of nitrogens with zero attached hydrogens (tertiary/aromatic N) is 1. The van der Waals surface area contributed by atoms with Gasteiger partial charge < -0.3 is 9.47 Å². The van der Waals surface area contributed by atoms with E-state index in [1.807, 2.05) is 20.8 Å². The van der Waals surface area contributed by atoms with E-state index in [0.29, 0.717) is 13.0 Å². The van der Waals surface area contributed by atoms with Crippen molar-refractivity contribution >= 4 is 6.09 Å². The summed E-state index contributed by atoms with van der Waals surface area (Å²) in [4.78, 5) is 14.1. The molecule has 1 amide bonds.